The van der Waals surface area contributed by atoms with Crippen LogP contribution in [-0.2, 0) is 16.0 Å². The molecule has 0 unspecified atom stereocenters. The summed E-state index contributed by atoms with van der Waals surface area (Å²) in [5, 5.41) is 6.84. The molecule has 2 aromatic heterocycles. The van der Waals surface area contributed by atoms with Crippen molar-refractivity contribution in [2.75, 3.05) is 18.4 Å². The molecule has 1 aliphatic heterocycles. The molecule has 6 nitrogen and oxygen atoms in total. The summed E-state index contributed by atoms with van der Waals surface area (Å²) in [4.78, 5) is 20.9. The number of oxazole rings is 1. The fourth-order valence-electron chi connectivity index (χ4n) is 2.52. The number of piperidine rings is 1. The summed E-state index contributed by atoms with van der Waals surface area (Å²) in [7, 11) is 0. The first-order valence-corrected chi connectivity index (χ1v) is 10.3. The van der Waals surface area contributed by atoms with Gasteiger partial charge in [0.15, 0.2) is 5.13 Å². The lowest BCUT2D eigenvalue weighted by atomic mass is 9.94. The summed E-state index contributed by atoms with van der Waals surface area (Å²) >= 11 is 3.10. The zero-order valence-electron chi connectivity index (χ0n) is 15.2. The zero-order chi connectivity index (χ0) is 17.9. The number of thioether (sulfide) groups is 1. The van der Waals surface area contributed by atoms with Crippen molar-refractivity contribution in [1.29, 1.82) is 0 Å². The topological polar surface area (TPSA) is 80.0 Å². The van der Waals surface area contributed by atoms with Crippen molar-refractivity contribution in [3.63, 3.8) is 0 Å². The van der Waals surface area contributed by atoms with Crippen molar-refractivity contribution >= 4 is 46.5 Å². The molecular weight excluding hydrogens is 392 g/mol. The average Bonchev–Trinajstić information content (AvgIpc) is 3.22. The number of hydrogen-bond acceptors (Lipinski definition) is 7. The first-order chi connectivity index (χ1) is 11.9. The van der Waals surface area contributed by atoms with Gasteiger partial charge in [-0.1, -0.05) is 32.1 Å². The Bertz CT molecular complexity index is 720. The molecule has 1 atom stereocenters. The zero-order valence-corrected chi connectivity index (χ0v) is 17.7. The van der Waals surface area contributed by atoms with E-state index in [1.165, 1.54) is 11.3 Å². The van der Waals surface area contributed by atoms with Gasteiger partial charge in [-0.15, -0.1) is 24.2 Å². The van der Waals surface area contributed by atoms with Crippen molar-refractivity contribution in [1.82, 2.24) is 15.3 Å². The van der Waals surface area contributed by atoms with Gasteiger partial charge in [-0.25, -0.2) is 9.97 Å². The molecule has 2 N–H and O–H groups in total. The second kappa shape index (κ2) is 9.21. The lowest BCUT2D eigenvalue weighted by molar-refractivity contribution is -0.120. The SMILES string of the molecule is CC(C)(C)c1cnc(CSc2cnc(NC(=O)[C@H]3CCCNC3)s2)o1.Cl. The van der Waals surface area contributed by atoms with Gasteiger partial charge < -0.3 is 15.1 Å². The number of anilines is 1. The molecule has 1 amide bonds. The summed E-state index contributed by atoms with van der Waals surface area (Å²) in [6.07, 6.45) is 5.57. The van der Waals surface area contributed by atoms with Crippen molar-refractivity contribution in [3.8, 4) is 0 Å². The maximum Gasteiger partial charge on any atom is 0.230 e. The largest absolute Gasteiger partial charge is 0.444 e. The molecule has 2 aromatic rings. The second-order valence-electron chi connectivity index (χ2n) is 7.17. The summed E-state index contributed by atoms with van der Waals surface area (Å²) < 4.78 is 6.83. The lowest BCUT2D eigenvalue weighted by Gasteiger charge is -2.21. The summed E-state index contributed by atoms with van der Waals surface area (Å²) in [6.45, 7) is 8.05. The highest BCUT2D eigenvalue weighted by atomic mass is 35.5. The maximum absolute atomic E-state index is 12.2. The van der Waals surface area contributed by atoms with E-state index < -0.39 is 0 Å². The predicted molar refractivity (Wildman–Crippen MR) is 108 cm³/mol. The van der Waals surface area contributed by atoms with E-state index in [4.69, 9.17) is 4.42 Å². The van der Waals surface area contributed by atoms with Gasteiger partial charge in [0, 0.05) is 12.0 Å². The minimum absolute atomic E-state index is 0. The van der Waals surface area contributed by atoms with E-state index in [9.17, 15) is 4.79 Å². The molecule has 0 saturated carbocycles. The Labute approximate surface area is 168 Å². The number of carbonyl (C=O) groups is 1. The molecule has 1 fully saturated rings. The van der Waals surface area contributed by atoms with Crippen LogP contribution in [0, 0.1) is 5.92 Å². The van der Waals surface area contributed by atoms with Gasteiger partial charge in [0.1, 0.15) is 5.76 Å². The third-order valence-electron chi connectivity index (χ3n) is 4.01. The highest BCUT2D eigenvalue weighted by Crippen LogP contribution is 2.32. The summed E-state index contributed by atoms with van der Waals surface area (Å²) in [6, 6.07) is 0. The molecule has 3 rings (SSSR count). The number of thiazole rings is 1. The highest BCUT2D eigenvalue weighted by molar-refractivity contribution is 8.00. The van der Waals surface area contributed by atoms with Crippen molar-refractivity contribution in [3.05, 3.63) is 24.0 Å². The molecule has 26 heavy (non-hydrogen) atoms. The van der Waals surface area contributed by atoms with Crippen LogP contribution in [-0.4, -0.2) is 29.0 Å². The number of aromatic nitrogens is 2. The molecule has 9 heteroatoms. The molecule has 1 saturated heterocycles. The Morgan fingerprint density at radius 3 is 2.88 bits per heavy atom. The number of nitrogens with zero attached hydrogens (tertiary/aromatic N) is 2. The molecule has 0 spiro atoms. The van der Waals surface area contributed by atoms with Gasteiger partial charge in [-0.3, -0.25) is 4.79 Å². The normalized spacial score (nSPS) is 17.6. The molecular formula is C17H25ClN4O2S2. The summed E-state index contributed by atoms with van der Waals surface area (Å²) in [5.41, 5.74) is -0.0359. The number of amides is 1. The molecule has 0 aromatic carbocycles. The number of carbonyl (C=O) groups excluding carboxylic acids is 1. The minimum atomic E-state index is -0.0359. The van der Waals surface area contributed by atoms with Crippen LogP contribution in [0.15, 0.2) is 21.0 Å². The van der Waals surface area contributed by atoms with E-state index in [-0.39, 0.29) is 29.6 Å². The fraction of sp³-hybridized carbons (Fsp3) is 0.588. The Kier molecular flexibility index (Phi) is 7.52. The predicted octanol–water partition coefficient (Wildman–Crippen LogP) is 4.08. The van der Waals surface area contributed by atoms with Gasteiger partial charge in [-0.2, -0.15) is 0 Å². The molecule has 3 heterocycles. The third-order valence-corrected chi connectivity index (χ3v) is 6.11. The first-order valence-electron chi connectivity index (χ1n) is 8.47. The average molecular weight is 417 g/mol. The highest BCUT2D eigenvalue weighted by Gasteiger charge is 2.22. The van der Waals surface area contributed by atoms with Crippen LogP contribution in [0.3, 0.4) is 0 Å². The number of halogens is 1. The minimum Gasteiger partial charge on any atom is -0.444 e. The van der Waals surface area contributed by atoms with Gasteiger partial charge in [0.25, 0.3) is 0 Å². The van der Waals surface area contributed by atoms with Crippen molar-refractivity contribution in [2.45, 2.75) is 49.0 Å². The number of rotatable bonds is 5. The van der Waals surface area contributed by atoms with Gasteiger partial charge in [0.2, 0.25) is 11.8 Å². The number of nitrogens with one attached hydrogen (secondary N) is 2. The Balaban J connectivity index is 0.00000243. The molecule has 0 bridgehead atoms. The molecule has 1 aliphatic rings. The Morgan fingerprint density at radius 1 is 1.42 bits per heavy atom. The first kappa shape index (κ1) is 21.2. The maximum atomic E-state index is 12.2. The fourth-order valence-corrected chi connectivity index (χ4v) is 4.25. The quantitative estimate of drug-likeness (QED) is 0.715. The molecule has 144 valence electrons. The summed E-state index contributed by atoms with van der Waals surface area (Å²) in [5.74, 6) is 2.35. The third kappa shape index (κ3) is 5.70. The van der Waals surface area contributed by atoms with Crippen LogP contribution >= 0.6 is 35.5 Å². The van der Waals surface area contributed by atoms with Crippen LogP contribution in [0.5, 0.6) is 0 Å². The van der Waals surface area contributed by atoms with E-state index >= 15 is 0 Å². The van der Waals surface area contributed by atoms with Crippen LogP contribution in [0.2, 0.25) is 0 Å². The van der Waals surface area contributed by atoms with Crippen molar-refractivity contribution in [2.24, 2.45) is 5.92 Å². The van der Waals surface area contributed by atoms with Crippen LogP contribution in [0.1, 0.15) is 45.3 Å². The van der Waals surface area contributed by atoms with E-state index in [0.29, 0.717) is 16.8 Å². The van der Waals surface area contributed by atoms with Gasteiger partial charge >= 0.3 is 0 Å². The smallest absolute Gasteiger partial charge is 0.230 e. The monoisotopic (exact) mass is 416 g/mol. The standard InChI is InChI=1S/C17H24N4O2S2.ClH/c1-17(2,3)12-8-19-13(23-12)10-24-14-9-20-16(25-14)21-15(22)11-5-4-6-18-7-11;/h8-9,11,18H,4-7,10H2,1-3H3,(H,20,21,22);1H/t11-;/m0./s1. The Hall–Kier alpha value is -1.09. The van der Waals surface area contributed by atoms with Crippen LogP contribution < -0.4 is 10.6 Å². The van der Waals surface area contributed by atoms with E-state index in [0.717, 1.165) is 35.9 Å². The van der Waals surface area contributed by atoms with Gasteiger partial charge in [-0.05, 0) is 19.4 Å². The van der Waals surface area contributed by atoms with Crippen LogP contribution in [0.4, 0.5) is 5.13 Å². The van der Waals surface area contributed by atoms with E-state index in [1.54, 1.807) is 24.2 Å². The lowest BCUT2D eigenvalue weighted by Crippen LogP contribution is -2.37. The Morgan fingerprint density at radius 2 is 2.23 bits per heavy atom. The molecule has 0 radical (unpaired) electrons. The van der Waals surface area contributed by atoms with E-state index in [2.05, 4.69) is 41.4 Å². The number of hydrogen-bond donors (Lipinski definition) is 2. The van der Waals surface area contributed by atoms with Crippen molar-refractivity contribution < 1.29 is 9.21 Å². The van der Waals surface area contributed by atoms with E-state index in [1.807, 2.05) is 0 Å². The molecule has 0 aliphatic carbocycles. The van der Waals surface area contributed by atoms with Gasteiger partial charge in [0.05, 0.1) is 28.3 Å². The van der Waals surface area contributed by atoms with Crippen LogP contribution in [0.25, 0.3) is 0 Å². The second-order valence-corrected chi connectivity index (χ2v) is 9.48.